The lowest BCUT2D eigenvalue weighted by atomic mass is 10.2. The summed E-state index contributed by atoms with van der Waals surface area (Å²) in [6, 6.07) is 4.46. The average molecular weight is 328 g/mol. The SMILES string of the molecule is O=C(OCC(=O)N1CCCC1)c1cc(Br)ccc1O. The molecule has 0 spiro atoms. The molecular weight excluding hydrogens is 314 g/mol. The minimum Gasteiger partial charge on any atom is -0.507 e. The zero-order chi connectivity index (χ0) is 13.8. The number of rotatable bonds is 3. The number of amides is 1. The molecule has 1 N–H and O–H groups in total. The molecule has 1 heterocycles. The van der Waals surface area contributed by atoms with Crippen LogP contribution in [0.25, 0.3) is 0 Å². The third-order valence-corrected chi connectivity index (χ3v) is 3.46. The highest BCUT2D eigenvalue weighted by Crippen LogP contribution is 2.22. The van der Waals surface area contributed by atoms with E-state index in [9.17, 15) is 14.7 Å². The normalized spacial score (nSPS) is 14.5. The quantitative estimate of drug-likeness (QED) is 0.861. The van der Waals surface area contributed by atoms with Gasteiger partial charge in [0.05, 0.1) is 0 Å². The lowest BCUT2D eigenvalue weighted by molar-refractivity contribution is -0.133. The largest absolute Gasteiger partial charge is 0.507 e. The second kappa shape index (κ2) is 6.06. The third kappa shape index (κ3) is 3.47. The standard InChI is InChI=1S/C13H14BrNO4/c14-9-3-4-11(16)10(7-9)13(18)19-8-12(17)15-5-1-2-6-15/h3-4,7,16H,1-2,5-6,8H2. The van der Waals surface area contributed by atoms with E-state index < -0.39 is 5.97 Å². The van der Waals surface area contributed by atoms with Crippen LogP contribution >= 0.6 is 15.9 Å². The first-order valence-corrected chi connectivity index (χ1v) is 6.80. The molecule has 5 nitrogen and oxygen atoms in total. The molecule has 0 radical (unpaired) electrons. The fraction of sp³-hybridized carbons (Fsp3) is 0.385. The summed E-state index contributed by atoms with van der Waals surface area (Å²) in [6.45, 7) is 1.15. The van der Waals surface area contributed by atoms with Crippen molar-refractivity contribution in [2.45, 2.75) is 12.8 Å². The van der Waals surface area contributed by atoms with Gasteiger partial charge < -0.3 is 14.7 Å². The molecule has 1 fully saturated rings. The lowest BCUT2D eigenvalue weighted by Crippen LogP contribution is -2.32. The number of hydrogen-bond acceptors (Lipinski definition) is 4. The van der Waals surface area contributed by atoms with Crippen LogP contribution in [0.15, 0.2) is 22.7 Å². The first-order valence-electron chi connectivity index (χ1n) is 6.01. The van der Waals surface area contributed by atoms with Crippen LogP contribution in [0.5, 0.6) is 5.75 Å². The Morgan fingerprint density at radius 1 is 1.32 bits per heavy atom. The number of halogens is 1. The summed E-state index contributed by atoms with van der Waals surface area (Å²) in [5.74, 6) is -1.06. The number of benzene rings is 1. The molecule has 1 aromatic carbocycles. The second-order valence-electron chi connectivity index (χ2n) is 4.33. The highest BCUT2D eigenvalue weighted by Gasteiger charge is 2.20. The number of phenols is 1. The van der Waals surface area contributed by atoms with Crippen LogP contribution in [0.1, 0.15) is 23.2 Å². The fourth-order valence-electron chi connectivity index (χ4n) is 1.93. The van der Waals surface area contributed by atoms with E-state index >= 15 is 0 Å². The van der Waals surface area contributed by atoms with Gasteiger partial charge in [0.25, 0.3) is 5.91 Å². The molecule has 0 aliphatic carbocycles. The maximum atomic E-state index is 11.8. The Morgan fingerprint density at radius 2 is 2.00 bits per heavy atom. The van der Waals surface area contributed by atoms with Gasteiger partial charge in [0.1, 0.15) is 11.3 Å². The van der Waals surface area contributed by atoms with Crippen molar-refractivity contribution in [1.29, 1.82) is 0 Å². The number of likely N-dealkylation sites (tertiary alicyclic amines) is 1. The molecule has 1 amide bonds. The summed E-state index contributed by atoms with van der Waals surface area (Å²) in [5, 5.41) is 9.57. The summed E-state index contributed by atoms with van der Waals surface area (Å²) in [4.78, 5) is 25.1. The van der Waals surface area contributed by atoms with Crippen molar-refractivity contribution in [2.24, 2.45) is 0 Å². The van der Waals surface area contributed by atoms with Crippen LogP contribution in [0, 0.1) is 0 Å². The van der Waals surface area contributed by atoms with E-state index in [1.807, 2.05) is 0 Å². The van der Waals surface area contributed by atoms with Gasteiger partial charge in [-0.15, -0.1) is 0 Å². The molecule has 102 valence electrons. The highest BCUT2D eigenvalue weighted by molar-refractivity contribution is 9.10. The third-order valence-electron chi connectivity index (χ3n) is 2.96. The van der Waals surface area contributed by atoms with Crippen LogP contribution in [0.2, 0.25) is 0 Å². The molecule has 0 saturated carbocycles. The number of carbonyl (C=O) groups excluding carboxylic acids is 2. The topological polar surface area (TPSA) is 66.8 Å². The van der Waals surface area contributed by atoms with Gasteiger partial charge in [-0.1, -0.05) is 15.9 Å². The van der Waals surface area contributed by atoms with Crippen molar-refractivity contribution < 1.29 is 19.4 Å². The average Bonchev–Trinajstić information content (AvgIpc) is 2.92. The van der Waals surface area contributed by atoms with Crippen molar-refractivity contribution >= 4 is 27.8 Å². The van der Waals surface area contributed by atoms with E-state index in [0.29, 0.717) is 4.47 Å². The zero-order valence-electron chi connectivity index (χ0n) is 10.3. The molecule has 1 aliphatic rings. The number of nitrogens with zero attached hydrogens (tertiary/aromatic N) is 1. The number of aromatic hydroxyl groups is 1. The Balaban J connectivity index is 1.93. The zero-order valence-corrected chi connectivity index (χ0v) is 11.9. The van der Waals surface area contributed by atoms with Gasteiger partial charge in [-0.05, 0) is 31.0 Å². The molecule has 1 saturated heterocycles. The Labute approximate surface area is 119 Å². The van der Waals surface area contributed by atoms with Gasteiger partial charge in [-0.2, -0.15) is 0 Å². The van der Waals surface area contributed by atoms with Gasteiger partial charge in [0.2, 0.25) is 0 Å². The first-order chi connectivity index (χ1) is 9.08. The van der Waals surface area contributed by atoms with Crippen molar-refractivity contribution in [1.82, 2.24) is 4.90 Å². The van der Waals surface area contributed by atoms with E-state index in [0.717, 1.165) is 25.9 Å². The maximum absolute atomic E-state index is 11.8. The minimum atomic E-state index is -0.702. The molecule has 0 atom stereocenters. The second-order valence-corrected chi connectivity index (χ2v) is 5.24. The van der Waals surface area contributed by atoms with Crippen molar-refractivity contribution in [3.63, 3.8) is 0 Å². The summed E-state index contributed by atoms with van der Waals surface area (Å²) in [7, 11) is 0. The highest BCUT2D eigenvalue weighted by atomic mass is 79.9. The molecular formula is C13H14BrNO4. The molecule has 19 heavy (non-hydrogen) atoms. The van der Waals surface area contributed by atoms with Crippen molar-refractivity contribution in [3.8, 4) is 5.75 Å². The number of carbonyl (C=O) groups is 2. The summed E-state index contributed by atoms with van der Waals surface area (Å²) in [5.41, 5.74) is 0.0450. The Hall–Kier alpha value is -1.56. The molecule has 0 unspecified atom stereocenters. The van der Waals surface area contributed by atoms with E-state index in [1.165, 1.54) is 12.1 Å². The van der Waals surface area contributed by atoms with Crippen LogP contribution in [-0.2, 0) is 9.53 Å². The van der Waals surface area contributed by atoms with E-state index in [2.05, 4.69) is 15.9 Å². The van der Waals surface area contributed by atoms with E-state index in [1.54, 1.807) is 11.0 Å². The Kier molecular flexibility index (Phi) is 4.42. The smallest absolute Gasteiger partial charge is 0.342 e. The van der Waals surface area contributed by atoms with Gasteiger partial charge >= 0.3 is 5.97 Å². The van der Waals surface area contributed by atoms with E-state index in [-0.39, 0.29) is 23.8 Å². The summed E-state index contributed by atoms with van der Waals surface area (Å²) in [6.07, 6.45) is 1.98. The number of hydrogen-bond donors (Lipinski definition) is 1. The molecule has 0 aromatic heterocycles. The number of esters is 1. The number of phenolic OH excluding ortho intramolecular Hbond substituents is 1. The van der Waals surface area contributed by atoms with Gasteiger partial charge in [-0.25, -0.2) is 4.79 Å². The van der Waals surface area contributed by atoms with Crippen LogP contribution < -0.4 is 0 Å². The first kappa shape index (κ1) is 13.9. The molecule has 0 bridgehead atoms. The fourth-order valence-corrected chi connectivity index (χ4v) is 2.30. The van der Waals surface area contributed by atoms with E-state index in [4.69, 9.17) is 4.74 Å². The van der Waals surface area contributed by atoms with Crippen molar-refractivity contribution in [3.05, 3.63) is 28.2 Å². The van der Waals surface area contributed by atoms with Crippen LogP contribution in [-0.4, -0.2) is 41.6 Å². The maximum Gasteiger partial charge on any atom is 0.342 e. The van der Waals surface area contributed by atoms with Gasteiger partial charge in [-0.3, -0.25) is 4.79 Å². The molecule has 2 rings (SSSR count). The van der Waals surface area contributed by atoms with Gasteiger partial charge in [0.15, 0.2) is 6.61 Å². The van der Waals surface area contributed by atoms with Crippen LogP contribution in [0.4, 0.5) is 0 Å². The monoisotopic (exact) mass is 327 g/mol. The van der Waals surface area contributed by atoms with Gasteiger partial charge in [0, 0.05) is 17.6 Å². The molecule has 1 aromatic rings. The van der Waals surface area contributed by atoms with Crippen LogP contribution in [0.3, 0.4) is 0 Å². The number of ether oxygens (including phenoxy) is 1. The summed E-state index contributed by atoms with van der Waals surface area (Å²) >= 11 is 3.20. The molecule has 1 aliphatic heterocycles. The predicted octanol–water partition coefficient (Wildman–Crippen LogP) is 1.93. The Bertz CT molecular complexity index is 497. The minimum absolute atomic E-state index is 0.0450. The molecule has 6 heteroatoms. The summed E-state index contributed by atoms with van der Waals surface area (Å²) < 4.78 is 5.58. The Morgan fingerprint density at radius 3 is 2.68 bits per heavy atom. The lowest BCUT2D eigenvalue weighted by Gasteiger charge is -2.15. The van der Waals surface area contributed by atoms with Crippen molar-refractivity contribution in [2.75, 3.05) is 19.7 Å². The predicted molar refractivity (Wildman–Crippen MR) is 71.9 cm³/mol.